The van der Waals surface area contributed by atoms with E-state index in [0.717, 1.165) is 31.4 Å². The fraction of sp³-hybridized carbons (Fsp3) is 0.292. The Morgan fingerprint density at radius 3 is 1.94 bits per heavy atom. The number of carbonyl (C=O) groups is 1. The fourth-order valence-corrected chi connectivity index (χ4v) is 3.29. The summed E-state index contributed by atoms with van der Waals surface area (Å²) in [5.74, 6) is 0.886. The summed E-state index contributed by atoms with van der Waals surface area (Å²) in [6, 6.07) is 20.3. The number of aryl methyl sites for hydroxylation is 2. The number of amides is 1. The van der Waals surface area contributed by atoms with Gasteiger partial charge in [-0.2, -0.15) is 0 Å². The molecule has 0 aliphatic rings. The number of nitrogens with zero attached hydrogens (tertiary/aromatic N) is 4. The number of rotatable bonds is 12. The highest BCUT2D eigenvalue weighted by Gasteiger charge is 2.11. The van der Waals surface area contributed by atoms with Crippen molar-refractivity contribution in [2.45, 2.75) is 38.5 Å². The average Bonchev–Trinajstić information content (AvgIpc) is 3.47. The summed E-state index contributed by atoms with van der Waals surface area (Å²) in [7, 11) is 0. The number of hydrogen-bond donors (Lipinski definition) is 2. The van der Waals surface area contributed by atoms with Gasteiger partial charge >= 0.3 is 12.0 Å². The lowest BCUT2D eigenvalue weighted by atomic mass is 10.1. The Bertz CT molecular complexity index is 1130. The Labute approximate surface area is 191 Å². The molecule has 1 amide bonds. The number of carbonyl (C=O) groups excluding carboxylic acids is 1. The largest absolute Gasteiger partial charge is 0.408 e. The predicted octanol–water partition coefficient (Wildman–Crippen LogP) is 3.85. The van der Waals surface area contributed by atoms with E-state index >= 15 is 0 Å². The zero-order chi connectivity index (χ0) is 22.7. The van der Waals surface area contributed by atoms with Gasteiger partial charge < -0.3 is 14.2 Å². The summed E-state index contributed by atoms with van der Waals surface area (Å²) in [6.45, 7) is 0.729. The summed E-state index contributed by atoms with van der Waals surface area (Å²) in [5, 5.41) is 21.8. The molecule has 0 saturated heterocycles. The molecule has 0 radical (unpaired) electrons. The van der Waals surface area contributed by atoms with E-state index in [2.05, 4.69) is 43.2 Å². The first-order valence-corrected chi connectivity index (χ1v) is 11.0. The van der Waals surface area contributed by atoms with Crippen LogP contribution < -0.4 is 10.6 Å². The van der Waals surface area contributed by atoms with Crippen LogP contribution in [-0.2, 0) is 30.5 Å². The third-order valence-electron chi connectivity index (χ3n) is 4.95. The summed E-state index contributed by atoms with van der Waals surface area (Å²) in [5.41, 5.74) is 2.18. The molecule has 2 aromatic heterocycles. The van der Waals surface area contributed by atoms with Gasteiger partial charge in [-0.15, -0.1) is 10.2 Å². The SMILES string of the molecule is O=C(Cc1ccccc1)Nc1nnc(CCCCc2nnc(NCCc3ccccc3)o2)o1. The molecule has 4 rings (SSSR count). The Morgan fingerprint density at radius 1 is 0.697 bits per heavy atom. The number of aromatic nitrogens is 4. The van der Waals surface area contributed by atoms with Crippen LogP contribution in [0.1, 0.15) is 35.7 Å². The zero-order valence-electron chi connectivity index (χ0n) is 18.2. The van der Waals surface area contributed by atoms with E-state index in [1.54, 1.807) is 0 Å². The van der Waals surface area contributed by atoms with Crippen LogP contribution in [0.4, 0.5) is 12.0 Å². The van der Waals surface area contributed by atoms with Crippen LogP contribution in [-0.4, -0.2) is 32.8 Å². The first-order valence-electron chi connectivity index (χ1n) is 11.0. The lowest BCUT2D eigenvalue weighted by molar-refractivity contribution is -0.115. The van der Waals surface area contributed by atoms with Crippen molar-refractivity contribution in [3.63, 3.8) is 0 Å². The number of nitrogens with one attached hydrogen (secondary N) is 2. The van der Waals surface area contributed by atoms with Crippen LogP contribution in [0.15, 0.2) is 69.5 Å². The van der Waals surface area contributed by atoms with Crippen molar-refractivity contribution in [2.75, 3.05) is 17.2 Å². The van der Waals surface area contributed by atoms with Crippen molar-refractivity contribution in [1.82, 2.24) is 20.4 Å². The molecule has 9 heteroatoms. The molecule has 0 saturated carbocycles. The van der Waals surface area contributed by atoms with Gasteiger partial charge in [0.15, 0.2) is 0 Å². The minimum Gasteiger partial charge on any atom is -0.408 e. The molecule has 0 bridgehead atoms. The molecule has 2 N–H and O–H groups in total. The van der Waals surface area contributed by atoms with Gasteiger partial charge in [-0.1, -0.05) is 70.9 Å². The highest BCUT2D eigenvalue weighted by atomic mass is 16.4. The van der Waals surface area contributed by atoms with Gasteiger partial charge in [0, 0.05) is 19.4 Å². The molecular weight excluding hydrogens is 420 g/mol. The molecule has 33 heavy (non-hydrogen) atoms. The Morgan fingerprint density at radius 2 is 1.27 bits per heavy atom. The van der Waals surface area contributed by atoms with Crippen LogP contribution in [0.5, 0.6) is 0 Å². The smallest absolute Gasteiger partial charge is 0.322 e. The van der Waals surface area contributed by atoms with Crippen molar-refractivity contribution in [2.24, 2.45) is 0 Å². The van der Waals surface area contributed by atoms with Crippen molar-refractivity contribution in [3.8, 4) is 0 Å². The van der Waals surface area contributed by atoms with E-state index < -0.39 is 0 Å². The minimum absolute atomic E-state index is 0.119. The number of unbranched alkanes of at least 4 members (excludes halogenated alkanes) is 1. The minimum atomic E-state index is -0.194. The van der Waals surface area contributed by atoms with Crippen LogP contribution in [0.25, 0.3) is 0 Å². The maximum atomic E-state index is 12.1. The second-order valence-corrected chi connectivity index (χ2v) is 7.58. The van der Waals surface area contributed by atoms with Gasteiger partial charge in [0.2, 0.25) is 17.7 Å². The quantitative estimate of drug-likeness (QED) is 0.315. The normalized spacial score (nSPS) is 10.8. The second-order valence-electron chi connectivity index (χ2n) is 7.58. The fourth-order valence-electron chi connectivity index (χ4n) is 3.29. The molecular formula is C24H26N6O3. The van der Waals surface area contributed by atoms with Crippen LogP contribution in [0.3, 0.4) is 0 Å². The van der Waals surface area contributed by atoms with Gasteiger partial charge in [0.1, 0.15) is 0 Å². The number of hydrogen-bond acceptors (Lipinski definition) is 8. The van der Waals surface area contributed by atoms with E-state index in [0.29, 0.717) is 30.6 Å². The Hall–Kier alpha value is -4.01. The van der Waals surface area contributed by atoms with Gasteiger partial charge in [-0.05, 0) is 30.4 Å². The standard InChI is InChI=1S/C24H26N6O3/c31-20(17-19-11-5-2-6-12-19)26-24-30-28-22(33-24)14-8-7-13-21-27-29-23(32-21)25-16-15-18-9-3-1-4-10-18/h1-6,9-12H,7-8,13-17H2,(H,25,29)(H,26,30,31). The van der Waals surface area contributed by atoms with E-state index in [1.165, 1.54) is 5.56 Å². The molecule has 2 aromatic carbocycles. The average molecular weight is 447 g/mol. The summed E-state index contributed by atoms with van der Waals surface area (Å²) in [6.07, 6.45) is 4.08. The van der Waals surface area contributed by atoms with E-state index in [1.807, 2.05) is 48.5 Å². The molecule has 2 heterocycles. The highest BCUT2D eigenvalue weighted by molar-refractivity contribution is 5.90. The van der Waals surface area contributed by atoms with Crippen molar-refractivity contribution >= 4 is 17.9 Å². The van der Waals surface area contributed by atoms with Gasteiger partial charge in [-0.25, -0.2) is 0 Å². The van der Waals surface area contributed by atoms with Crippen molar-refractivity contribution in [1.29, 1.82) is 0 Å². The lowest BCUT2D eigenvalue weighted by Crippen LogP contribution is -2.14. The Kier molecular flexibility index (Phi) is 7.78. The first kappa shape index (κ1) is 22.2. The summed E-state index contributed by atoms with van der Waals surface area (Å²) < 4.78 is 11.2. The number of anilines is 2. The summed E-state index contributed by atoms with van der Waals surface area (Å²) in [4.78, 5) is 12.1. The van der Waals surface area contributed by atoms with Gasteiger partial charge in [-0.3, -0.25) is 10.1 Å². The molecule has 0 atom stereocenters. The van der Waals surface area contributed by atoms with Crippen molar-refractivity contribution in [3.05, 3.63) is 83.6 Å². The van der Waals surface area contributed by atoms with Crippen LogP contribution in [0.2, 0.25) is 0 Å². The van der Waals surface area contributed by atoms with Crippen molar-refractivity contribution < 1.29 is 13.6 Å². The number of benzene rings is 2. The molecule has 0 fully saturated rings. The maximum Gasteiger partial charge on any atom is 0.322 e. The first-order chi connectivity index (χ1) is 16.2. The molecule has 0 aliphatic carbocycles. The molecule has 0 spiro atoms. The van der Waals surface area contributed by atoms with E-state index in [9.17, 15) is 4.79 Å². The van der Waals surface area contributed by atoms with Gasteiger partial charge in [0.25, 0.3) is 0 Å². The molecule has 170 valence electrons. The van der Waals surface area contributed by atoms with Crippen LogP contribution >= 0.6 is 0 Å². The third kappa shape index (κ3) is 7.27. The van der Waals surface area contributed by atoms with Gasteiger partial charge in [0.05, 0.1) is 6.42 Å². The highest BCUT2D eigenvalue weighted by Crippen LogP contribution is 2.13. The zero-order valence-corrected chi connectivity index (χ0v) is 18.2. The lowest BCUT2D eigenvalue weighted by Gasteiger charge is -2.01. The molecule has 4 aromatic rings. The van der Waals surface area contributed by atoms with Crippen LogP contribution in [0, 0.1) is 0 Å². The second kappa shape index (κ2) is 11.6. The monoisotopic (exact) mass is 446 g/mol. The predicted molar refractivity (Wildman–Crippen MR) is 123 cm³/mol. The molecule has 9 nitrogen and oxygen atoms in total. The topological polar surface area (TPSA) is 119 Å². The third-order valence-corrected chi connectivity index (χ3v) is 4.95. The molecule has 0 unspecified atom stereocenters. The molecule has 0 aliphatic heterocycles. The Balaban J connectivity index is 1.12. The maximum absolute atomic E-state index is 12.1. The summed E-state index contributed by atoms with van der Waals surface area (Å²) >= 11 is 0. The van der Waals surface area contributed by atoms with E-state index in [-0.39, 0.29) is 18.3 Å². The van der Waals surface area contributed by atoms with E-state index in [4.69, 9.17) is 8.83 Å².